The maximum Gasteiger partial charge on any atom is 0.336 e. The second kappa shape index (κ2) is 13.2. The Morgan fingerprint density at radius 2 is 1.49 bits per heavy atom. The minimum absolute atomic E-state index is 0.0764. The summed E-state index contributed by atoms with van der Waals surface area (Å²) in [7, 11) is 0. The van der Waals surface area contributed by atoms with Crippen molar-refractivity contribution in [1.29, 1.82) is 0 Å². The van der Waals surface area contributed by atoms with Crippen LogP contribution in [0.5, 0.6) is 0 Å². The van der Waals surface area contributed by atoms with Crippen molar-refractivity contribution in [3.05, 3.63) is 129 Å². The third-order valence-electron chi connectivity index (χ3n) is 7.84. The first kappa shape index (κ1) is 28.7. The normalized spacial score (nSPS) is 17.5. The summed E-state index contributed by atoms with van der Waals surface area (Å²) in [6.45, 7) is 6.68. The predicted molar refractivity (Wildman–Crippen MR) is 162 cm³/mol. The third-order valence-corrected chi connectivity index (χ3v) is 8.08. The molecular weight excluding hydrogens is 534 g/mol. The fourth-order valence-electron chi connectivity index (χ4n) is 5.85. The molecule has 7 heteroatoms. The Hall–Kier alpha value is -3.87. The lowest BCUT2D eigenvalue weighted by atomic mass is 9.79. The fraction of sp³-hybridized carbons (Fsp3) is 0.294. The van der Waals surface area contributed by atoms with Crippen molar-refractivity contribution in [2.75, 3.05) is 32.8 Å². The van der Waals surface area contributed by atoms with Gasteiger partial charge in [-0.3, -0.25) is 4.79 Å². The van der Waals surface area contributed by atoms with E-state index in [1.165, 1.54) is 11.1 Å². The van der Waals surface area contributed by atoms with Crippen LogP contribution in [0.4, 0.5) is 0 Å². The van der Waals surface area contributed by atoms with Crippen molar-refractivity contribution in [3.63, 3.8) is 0 Å². The van der Waals surface area contributed by atoms with Gasteiger partial charge < -0.3 is 20.3 Å². The first-order valence-corrected chi connectivity index (χ1v) is 14.5. The fourth-order valence-corrected chi connectivity index (χ4v) is 6.05. The molecule has 2 aliphatic rings. The zero-order valence-electron chi connectivity index (χ0n) is 23.5. The van der Waals surface area contributed by atoms with Crippen LogP contribution in [0.3, 0.4) is 0 Å². The van der Waals surface area contributed by atoms with Gasteiger partial charge in [0.1, 0.15) is 0 Å². The average Bonchev–Trinajstić information content (AvgIpc) is 3.00. The number of nitrogens with zero attached hydrogens (tertiary/aromatic N) is 1. The largest absolute Gasteiger partial charge is 0.462 e. The molecule has 5 rings (SSSR count). The minimum Gasteiger partial charge on any atom is -0.462 e. The van der Waals surface area contributed by atoms with Crippen LogP contribution in [0, 0.1) is 0 Å². The van der Waals surface area contributed by atoms with E-state index in [2.05, 4.69) is 34.9 Å². The summed E-state index contributed by atoms with van der Waals surface area (Å²) in [5.74, 6) is -1.02. The standard InChI is InChI=1S/C34H36ClN3O3/c1-23-30(33(39)38-19-17-36-18-20-38)32(27-14-9-15-28(35)22-27)31(24(2)37-23)34(40)41-21-16-29(25-10-5-3-6-11-25)26-12-7-4-8-13-26/h3-15,22,29,32,36-37H,16-21H2,1-2H3. The molecule has 0 aliphatic carbocycles. The molecule has 41 heavy (non-hydrogen) atoms. The molecule has 0 saturated carbocycles. The van der Waals surface area contributed by atoms with Gasteiger partial charge >= 0.3 is 5.97 Å². The number of ether oxygens (including phenoxy) is 1. The highest BCUT2D eigenvalue weighted by Gasteiger charge is 2.39. The lowest BCUT2D eigenvalue weighted by Gasteiger charge is -2.35. The van der Waals surface area contributed by atoms with Crippen LogP contribution in [0.1, 0.15) is 48.8 Å². The molecule has 1 saturated heterocycles. The number of halogens is 1. The van der Waals surface area contributed by atoms with Crippen LogP contribution < -0.4 is 10.6 Å². The number of nitrogens with one attached hydrogen (secondary N) is 2. The number of amides is 1. The van der Waals surface area contributed by atoms with E-state index in [-0.39, 0.29) is 18.4 Å². The highest BCUT2D eigenvalue weighted by Crippen LogP contribution is 2.40. The smallest absolute Gasteiger partial charge is 0.336 e. The lowest BCUT2D eigenvalue weighted by Crippen LogP contribution is -2.48. The van der Waals surface area contributed by atoms with E-state index >= 15 is 0 Å². The zero-order valence-corrected chi connectivity index (χ0v) is 24.3. The summed E-state index contributed by atoms with van der Waals surface area (Å²) < 4.78 is 5.99. The molecule has 0 aromatic heterocycles. The number of benzene rings is 3. The van der Waals surface area contributed by atoms with Gasteiger partial charge in [-0.05, 0) is 49.1 Å². The summed E-state index contributed by atoms with van der Waals surface area (Å²) in [5.41, 5.74) is 5.53. The Labute approximate surface area is 247 Å². The van der Waals surface area contributed by atoms with Crippen LogP contribution in [-0.4, -0.2) is 49.6 Å². The van der Waals surface area contributed by atoms with Crippen molar-refractivity contribution in [2.45, 2.75) is 32.1 Å². The van der Waals surface area contributed by atoms with E-state index < -0.39 is 11.9 Å². The quantitative estimate of drug-likeness (QED) is 0.337. The van der Waals surface area contributed by atoms with Gasteiger partial charge in [0.15, 0.2) is 0 Å². The Kier molecular flexibility index (Phi) is 9.22. The Morgan fingerprint density at radius 3 is 2.10 bits per heavy atom. The molecule has 2 N–H and O–H groups in total. The molecule has 0 radical (unpaired) electrons. The average molecular weight is 570 g/mol. The molecule has 1 unspecified atom stereocenters. The number of dihydropyridines is 1. The molecular formula is C34H36ClN3O3. The maximum absolute atomic E-state index is 13.9. The summed E-state index contributed by atoms with van der Waals surface area (Å²) in [6, 6.07) is 27.9. The van der Waals surface area contributed by atoms with Gasteiger partial charge in [0.05, 0.1) is 18.1 Å². The topological polar surface area (TPSA) is 70.7 Å². The molecule has 0 spiro atoms. The number of hydrogen-bond donors (Lipinski definition) is 2. The van der Waals surface area contributed by atoms with Crippen LogP contribution >= 0.6 is 11.6 Å². The number of carbonyl (C=O) groups is 2. The Balaban J connectivity index is 1.42. The first-order valence-electron chi connectivity index (χ1n) is 14.1. The molecule has 212 valence electrons. The molecule has 3 aromatic rings. The summed E-state index contributed by atoms with van der Waals surface area (Å²) in [4.78, 5) is 29.6. The number of rotatable bonds is 8. The predicted octanol–water partition coefficient (Wildman–Crippen LogP) is 5.77. The van der Waals surface area contributed by atoms with E-state index in [0.29, 0.717) is 41.4 Å². The summed E-state index contributed by atoms with van der Waals surface area (Å²) >= 11 is 6.41. The van der Waals surface area contributed by atoms with E-state index in [0.717, 1.165) is 24.4 Å². The number of esters is 1. The van der Waals surface area contributed by atoms with E-state index in [4.69, 9.17) is 16.3 Å². The Bertz CT molecular complexity index is 1410. The van der Waals surface area contributed by atoms with Crippen LogP contribution in [0.25, 0.3) is 0 Å². The molecule has 1 amide bonds. The first-order chi connectivity index (χ1) is 19.9. The summed E-state index contributed by atoms with van der Waals surface area (Å²) in [6.07, 6.45) is 0.628. The molecule has 6 nitrogen and oxygen atoms in total. The zero-order chi connectivity index (χ0) is 28.8. The van der Waals surface area contributed by atoms with Crippen molar-refractivity contribution in [2.24, 2.45) is 0 Å². The van der Waals surface area contributed by atoms with Crippen LogP contribution in [-0.2, 0) is 14.3 Å². The molecule has 2 heterocycles. The number of hydrogen-bond acceptors (Lipinski definition) is 5. The number of carbonyl (C=O) groups excluding carboxylic acids is 2. The molecule has 3 aromatic carbocycles. The van der Waals surface area contributed by atoms with Gasteiger partial charge in [-0.1, -0.05) is 84.4 Å². The van der Waals surface area contributed by atoms with Gasteiger partial charge in [-0.25, -0.2) is 4.79 Å². The van der Waals surface area contributed by atoms with Crippen molar-refractivity contribution >= 4 is 23.5 Å². The van der Waals surface area contributed by atoms with E-state index in [1.807, 2.05) is 73.3 Å². The van der Waals surface area contributed by atoms with Gasteiger partial charge in [-0.15, -0.1) is 0 Å². The molecule has 1 atom stereocenters. The van der Waals surface area contributed by atoms with E-state index in [1.54, 1.807) is 6.07 Å². The summed E-state index contributed by atoms with van der Waals surface area (Å²) in [5, 5.41) is 7.15. The molecule has 2 aliphatic heterocycles. The van der Waals surface area contributed by atoms with Gasteiger partial charge in [0.2, 0.25) is 0 Å². The maximum atomic E-state index is 13.9. The van der Waals surface area contributed by atoms with Gasteiger partial charge in [-0.2, -0.15) is 0 Å². The lowest BCUT2D eigenvalue weighted by molar-refractivity contribution is -0.139. The second-order valence-corrected chi connectivity index (χ2v) is 11.0. The molecule has 0 bridgehead atoms. The van der Waals surface area contributed by atoms with Gasteiger partial charge in [0.25, 0.3) is 5.91 Å². The minimum atomic E-state index is -0.594. The van der Waals surface area contributed by atoms with Crippen molar-refractivity contribution in [3.8, 4) is 0 Å². The van der Waals surface area contributed by atoms with Crippen LogP contribution in [0.15, 0.2) is 107 Å². The van der Waals surface area contributed by atoms with Crippen molar-refractivity contribution < 1.29 is 14.3 Å². The van der Waals surface area contributed by atoms with Gasteiger partial charge in [0, 0.05) is 54.1 Å². The van der Waals surface area contributed by atoms with Crippen molar-refractivity contribution in [1.82, 2.24) is 15.5 Å². The second-order valence-electron chi connectivity index (χ2n) is 10.5. The number of allylic oxidation sites excluding steroid dienone is 2. The monoisotopic (exact) mass is 569 g/mol. The highest BCUT2D eigenvalue weighted by molar-refractivity contribution is 6.30. The SMILES string of the molecule is CC1=C(C(=O)OCCC(c2ccccc2)c2ccccc2)C(c2cccc(Cl)c2)C(C(=O)N2CCNCC2)=C(C)N1. The van der Waals surface area contributed by atoms with Crippen LogP contribution in [0.2, 0.25) is 5.02 Å². The molecule has 1 fully saturated rings. The highest BCUT2D eigenvalue weighted by atomic mass is 35.5. The number of piperazine rings is 1. The van der Waals surface area contributed by atoms with E-state index in [9.17, 15) is 9.59 Å². The Morgan fingerprint density at radius 1 is 0.878 bits per heavy atom. The third kappa shape index (κ3) is 6.55.